The lowest BCUT2D eigenvalue weighted by Crippen LogP contribution is -2.36. The minimum absolute atomic E-state index is 0.243. The number of ether oxygens (including phenoxy) is 3. The van der Waals surface area contributed by atoms with Crippen LogP contribution in [0.25, 0.3) is 10.2 Å². The van der Waals surface area contributed by atoms with Gasteiger partial charge in [0.05, 0.1) is 36.8 Å². The third-order valence-electron chi connectivity index (χ3n) is 4.90. The van der Waals surface area contributed by atoms with Crippen molar-refractivity contribution in [3.8, 4) is 5.75 Å². The molecule has 146 valence electrons. The van der Waals surface area contributed by atoms with Crippen molar-refractivity contribution in [3.05, 3.63) is 12.1 Å². The molecule has 2 heterocycles. The zero-order valence-corrected chi connectivity index (χ0v) is 16.0. The van der Waals surface area contributed by atoms with Crippen LogP contribution < -0.4 is 15.0 Å². The number of aliphatic hydroxyl groups is 1. The molecule has 1 saturated heterocycles. The van der Waals surface area contributed by atoms with Crippen molar-refractivity contribution in [2.24, 2.45) is 0 Å². The molecule has 0 radical (unpaired) electrons. The summed E-state index contributed by atoms with van der Waals surface area (Å²) in [5.41, 5.74) is 1.78. The number of nitrogens with zero attached hydrogens (tertiary/aromatic N) is 2. The number of benzene rings is 1. The van der Waals surface area contributed by atoms with Gasteiger partial charge >= 0.3 is 6.09 Å². The van der Waals surface area contributed by atoms with E-state index in [1.807, 2.05) is 12.1 Å². The molecule has 2 N–H and O–H groups in total. The standard InChI is InChI=1S/C18H23N3O5S/c1-24-14-5-4-13(21-6-8-25-9-7-21)16-15(14)19-17(27-16)20-18(23)26-12-3-2-11(22)10-12/h4-5,11-12,22H,2-3,6-10H2,1H3,(H,19,20,23)/t11?,12-/m0/s1. The zero-order valence-electron chi connectivity index (χ0n) is 15.1. The van der Waals surface area contributed by atoms with Crippen molar-refractivity contribution in [2.45, 2.75) is 31.5 Å². The van der Waals surface area contributed by atoms with Crippen molar-refractivity contribution >= 4 is 38.5 Å². The Labute approximate surface area is 161 Å². The van der Waals surface area contributed by atoms with Crippen LogP contribution in [-0.2, 0) is 9.47 Å². The van der Waals surface area contributed by atoms with Gasteiger partial charge in [-0.3, -0.25) is 5.32 Å². The average molecular weight is 393 g/mol. The number of morpholine rings is 1. The second-order valence-corrected chi connectivity index (χ2v) is 7.70. The summed E-state index contributed by atoms with van der Waals surface area (Å²) in [5, 5.41) is 12.7. The summed E-state index contributed by atoms with van der Waals surface area (Å²) >= 11 is 1.40. The van der Waals surface area contributed by atoms with Crippen LogP contribution in [0.3, 0.4) is 0 Å². The van der Waals surface area contributed by atoms with Crippen molar-refractivity contribution in [1.29, 1.82) is 0 Å². The second kappa shape index (κ2) is 7.87. The fourth-order valence-electron chi connectivity index (χ4n) is 3.53. The number of aromatic nitrogens is 1. The largest absolute Gasteiger partial charge is 0.494 e. The normalized spacial score (nSPS) is 22.8. The Morgan fingerprint density at radius 1 is 1.37 bits per heavy atom. The number of rotatable bonds is 4. The lowest BCUT2D eigenvalue weighted by molar-refractivity contribution is 0.1000. The van der Waals surface area contributed by atoms with E-state index in [0.29, 0.717) is 43.4 Å². The topological polar surface area (TPSA) is 93.2 Å². The highest BCUT2D eigenvalue weighted by molar-refractivity contribution is 7.23. The van der Waals surface area contributed by atoms with Gasteiger partial charge < -0.3 is 24.2 Å². The van der Waals surface area contributed by atoms with Crippen molar-refractivity contribution < 1.29 is 24.1 Å². The fraction of sp³-hybridized carbons (Fsp3) is 0.556. The number of carbonyl (C=O) groups is 1. The molecule has 8 nitrogen and oxygen atoms in total. The van der Waals surface area contributed by atoms with E-state index >= 15 is 0 Å². The number of carbonyl (C=O) groups excluding carboxylic acids is 1. The molecule has 27 heavy (non-hydrogen) atoms. The van der Waals surface area contributed by atoms with E-state index in [0.717, 1.165) is 29.0 Å². The van der Waals surface area contributed by atoms with Crippen LogP contribution in [0.2, 0.25) is 0 Å². The van der Waals surface area contributed by atoms with E-state index in [-0.39, 0.29) is 12.2 Å². The summed E-state index contributed by atoms with van der Waals surface area (Å²) in [6, 6.07) is 3.92. The molecule has 0 bridgehead atoms. The summed E-state index contributed by atoms with van der Waals surface area (Å²) in [4.78, 5) is 19.0. The highest BCUT2D eigenvalue weighted by atomic mass is 32.1. The van der Waals surface area contributed by atoms with Crippen LogP contribution >= 0.6 is 11.3 Å². The first kappa shape index (κ1) is 18.3. The van der Waals surface area contributed by atoms with Crippen LogP contribution in [0, 0.1) is 0 Å². The van der Waals surface area contributed by atoms with E-state index in [9.17, 15) is 9.90 Å². The van der Waals surface area contributed by atoms with Gasteiger partial charge in [-0.2, -0.15) is 0 Å². The quantitative estimate of drug-likeness (QED) is 0.825. The number of aliphatic hydroxyl groups excluding tert-OH is 1. The Balaban J connectivity index is 1.55. The minimum Gasteiger partial charge on any atom is -0.494 e. The number of hydrogen-bond acceptors (Lipinski definition) is 8. The minimum atomic E-state index is -0.542. The Hall–Kier alpha value is -2.10. The molecule has 1 aliphatic carbocycles. The van der Waals surface area contributed by atoms with Crippen molar-refractivity contribution in [1.82, 2.24) is 4.98 Å². The Morgan fingerprint density at radius 2 is 2.19 bits per heavy atom. The van der Waals surface area contributed by atoms with E-state index in [2.05, 4.69) is 15.2 Å². The molecule has 4 rings (SSSR count). The first-order valence-electron chi connectivity index (χ1n) is 9.10. The van der Waals surface area contributed by atoms with E-state index in [1.54, 1.807) is 7.11 Å². The van der Waals surface area contributed by atoms with Gasteiger partial charge in [-0.1, -0.05) is 11.3 Å². The molecule has 2 aliphatic rings. The monoisotopic (exact) mass is 393 g/mol. The van der Waals surface area contributed by atoms with Gasteiger partial charge in [0, 0.05) is 19.5 Å². The van der Waals surface area contributed by atoms with Crippen LogP contribution in [0.5, 0.6) is 5.75 Å². The van der Waals surface area contributed by atoms with Gasteiger partial charge in [0.25, 0.3) is 0 Å². The fourth-order valence-corrected chi connectivity index (χ4v) is 4.54. The number of anilines is 2. The Kier molecular flexibility index (Phi) is 5.33. The van der Waals surface area contributed by atoms with Gasteiger partial charge in [-0.05, 0) is 25.0 Å². The molecule has 2 aromatic rings. The molecule has 1 amide bonds. The molecular weight excluding hydrogens is 370 g/mol. The highest BCUT2D eigenvalue weighted by Crippen LogP contribution is 2.39. The summed E-state index contributed by atoms with van der Waals surface area (Å²) in [5.74, 6) is 0.665. The maximum absolute atomic E-state index is 12.2. The van der Waals surface area contributed by atoms with Crippen molar-refractivity contribution in [3.63, 3.8) is 0 Å². The van der Waals surface area contributed by atoms with Gasteiger partial charge in [-0.15, -0.1) is 0 Å². The summed E-state index contributed by atoms with van der Waals surface area (Å²) < 4.78 is 17.2. The summed E-state index contributed by atoms with van der Waals surface area (Å²) in [7, 11) is 1.61. The number of thiazole rings is 1. The van der Waals surface area contributed by atoms with E-state index < -0.39 is 6.09 Å². The molecule has 2 atom stereocenters. The number of nitrogens with one attached hydrogen (secondary N) is 1. The molecular formula is C18H23N3O5S. The van der Waals surface area contributed by atoms with Crippen LogP contribution in [0.1, 0.15) is 19.3 Å². The summed E-state index contributed by atoms with van der Waals surface area (Å²) in [6.07, 6.45) is 0.670. The number of methoxy groups -OCH3 is 1. The molecule has 1 aliphatic heterocycles. The second-order valence-electron chi connectivity index (χ2n) is 6.70. The number of fused-ring (bicyclic) bond motifs is 1. The van der Waals surface area contributed by atoms with Crippen LogP contribution in [0.4, 0.5) is 15.6 Å². The van der Waals surface area contributed by atoms with Crippen LogP contribution in [0.15, 0.2) is 12.1 Å². The van der Waals surface area contributed by atoms with E-state index in [4.69, 9.17) is 14.2 Å². The molecule has 0 spiro atoms. The summed E-state index contributed by atoms with van der Waals surface area (Å²) in [6.45, 7) is 3.01. The Morgan fingerprint density at radius 3 is 2.89 bits per heavy atom. The zero-order chi connectivity index (χ0) is 18.8. The Bertz CT molecular complexity index is 821. The molecule has 2 fully saturated rings. The smallest absolute Gasteiger partial charge is 0.413 e. The molecule has 1 unspecified atom stereocenters. The highest BCUT2D eigenvalue weighted by Gasteiger charge is 2.26. The first-order valence-corrected chi connectivity index (χ1v) is 9.91. The predicted octanol–water partition coefficient (Wildman–Crippen LogP) is 2.60. The third-order valence-corrected chi connectivity index (χ3v) is 5.89. The average Bonchev–Trinajstić information content (AvgIpc) is 3.27. The lowest BCUT2D eigenvalue weighted by Gasteiger charge is -2.29. The first-order chi connectivity index (χ1) is 13.1. The van der Waals surface area contributed by atoms with Gasteiger partial charge in [0.2, 0.25) is 0 Å². The predicted molar refractivity (Wildman–Crippen MR) is 103 cm³/mol. The van der Waals surface area contributed by atoms with Gasteiger partial charge in [0.1, 0.15) is 17.4 Å². The SMILES string of the molecule is COc1ccc(N2CCOCC2)c2sc(NC(=O)O[C@H]3CCC(O)C3)nc12. The van der Waals surface area contributed by atoms with Gasteiger partial charge in [0.15, 0.2) is 5.13 Å². The van der Waals surface area contributed by atoms with Crippen LogP contribution in [-0.4, -0.2) is 61.8 Å². The molecule has 9 heteroatoms. The van der Waals surface area contributed by atoms with Crippen molar-refractivity contribution in [2.75, 3.05) is 43.6 Å². The van der Waals surface area contributed by atoms with Gasteiger partial charge in [-0.25, -0.2) is 9.78 Å². The number of hydrogen-bond donors (Lipinski definition) is 2. The maximum atomic E-state index is 12.2. The lowest BCUT2D eigenvalue weighted by atomic mass is 10.2. The molecule has 1 saturated carbocycles. The molecule has 1 aromatic carbocycles. The third kappa shape index (κ3) is 3.95. The molecule has 1 aromatic heterocycles. The van der Waals surface area contributed by atoms with E-state index in [1.165, 1.54) is 11.3 Å². The maximum Gasteiger partial charge on any atom is 0.413 e. The number of amides is 1.